The molecule has 1 heterocycles. The second-order valence-electron chi connectivity index (χ2n) is 7.60. The van der Waals surface area contributed by atoms with Crippen LogP contribution in [0.4, 0.5) is 5.69 Å². The van der Waals surface area contributed by atoms with Gasteiger partial charge in [0.05, 0.1) is 18.8 Å². The predicted molar refractivity (Wildman–Crippen MR) is 128 cm³/mol. The molecule has 1 aliphatic heterocycles. The van der Waals surface area contributed by atoms with Gasteiger partial charge in [-0.25, -0.2) is 0 Å². The molecule has 5 nitrogen and oxygen atoms in total. The lowest BCUT2D eigenvalue weighted by molar-refractivity contribution is -0.127. The van der Waals surface area contributed by atoms with Crippen molar-refractivity contribution >= 4 is 34.8 Å². The third-order valence-corrected chi connectivity index (χ3v) is 5.65. The van der Waals surface area contributed by atoms with Gasteiger partial charge in [-0.2, -0.15) is 0 Å². The van der Waals surface area contributed by atoms with Gasteiger partial charge in [-0.05, 0) is 66.6 Å². The van der Waals surface area contributed by atoms with E-state index in [1.54, 1.807) is 11.0 Å². The number of anilines is 1. The quantitative estimate of drug-likeness (QED) is 0.487. The molecule has 3 aromatic carbocycles. The number of ether oxygens (including phenoxy) is 2. The van der Waals surface area contributed by atoms with Gasteiger partial charge < -0.3 is 20.1 Å². The van der Waals surface area contributed by atoms with Crippen molar-refractivity contribution in [3.05, 3.63) is 87.9 Å². The highest BCUT2D eigenvalue weighted by Crippen LogP contribution is 2.36. The number of rotatable bonds is 8. The molecule has 0 saturated carbocycles. The summed E-state index contributed by atoms with van der Waals surface area (Å²) in [5, 5.41) is 1.06. The van der Waals surface area contributed by atoms with Crippen molar-refractivity contribution in [1.29, 1.82) is 0 Å². The summed E-state index contributed by atoms with van der Waals surface area (Å²) in [5.74, 6) is 1.29. The predicted octanol–water partition coefficient (Wildman–Crippen LogP) is 5.26. The second-order valence-corrected chi connectivity index (χ2v) is 8.47. The van der Waals surface area contributed by atoms with Gasteiger partial charge in [-0.3, -0.25) is 4.79 Å². The Morgan fingerprint density at radius 1 is 0.969 bits per heavy atom. The van der Waals surface area contributed by atoms with Gasteiger partial charge >= 0.3 is 0 Å². The van der Waals surface area contributed by atoms with Crippen LogP contribution >= 0.6 is 23.2 Å². The summed E-state index contributed by atoms with van der Waals surface area (Å²) in [6, 6.07) is 20.6. The highest BCUT2D eigenvalue weighted by atomic mass is 35.5. The summed E-state index contributed by atoms with van der Waals surface area (Å²) in [6.45, 7) is 1.28. The molecule has 0 fully saturated rings. The Labute approximate surface area is 197 Å². The fourth-order valence-electron chi connectivity index (χ4n) is 3.75. The van der Waals surface area contributed by atoms with E-state index >= 15 is 0 Å². The average molecular weight is 471 g/mol. The van der Waals surface area contributed by atoms with Crippen LogP contribution in [0.2, 0.25) is 10.0 Å². The number of benzene rings is 3. The van der Waals surface area contributed by atoms with Gasteiger partial charge in [0, 0.05) is 16.5 Å². The third-order valence-electron chi connectivity index (χ3n) is 5.21. The Bertz CT molecular complexity index is 1090. The van der Waals surface area contributed by atoms with Crippen molar-refractivity contribution in [2.75, 3.05) is 18.1 Å². The minimum atomic E-state index is -0.646. The molecule has 0 aromatic heterocycles. The first kappa shape index (κ1) is 22.5. The van der Waals surface area contributed by atoms with Crippen LogP contribution in [-0.2, 0) is 17.8 Å². The van der Waals surface area contributed by atoms with Gasteiger partial charge in [-0.15, -0.1) is 0 Å². The average Bonchev–Trinajstić information content (AvgIpc) is 2.76. The third kappa shape index (κ3) is 5.36. The molecule has 4 rings (SSSR count). The first-order chi connectivity index (χ1) is 15.5. The van der Waals surface area contributed by atoms with Crippen molar-refractivity contribution < 1.29 is 14.3 Å². The van der Waals surface area contributed by atoms with E-state index in [1.807, 2.05) is 60.7 Å². The smallest absolute Gasteiger partial charge is 0.268 e. The van der Waals surface area contributed by atoms with Crippen LogP contribution in [0.5, 0.6) is 11.5 Å². The zero-order valence-corrected chi connectivity index (χ0v) is 19.0. The first-order valence-electron chi connectivity index (χ1n) is 10.5. The molecule has 1 atom stereocenters. The van der Waals surface area contributed by atoms with Crippen molar-refractivity contribution in [3.8, 4) is 11.5 Å². The lowest BCUT2D eigenvalue weighted by Crippen LogP contribution is -2.46. The highest BCUT2D eigenvalue weighted by Gasteiger charge is 2.34. The topological polar surface area (TPSA) is 64.8 Å². The molecule has 1 amide bonds. The maximum absolute atomic E-state index is 13.3. The summed E-state index contributed by atoms with van der Waals surface area (Å²) in [5.41, 5.74) is 8.32. The van der Waals surface area contributed by atoms with E-state index < -0.39 is 6.10 Å². The molecule has 32 heavy (non-hydrogen) atoms. The Balaban J connectivity index is 1.48. The van der Waals surface area contributed by atoms with E-state index in [2.05, 4.69) is 0 Å². The molecule has 166 valence electrons. The van der Waals surface area contributed by atoms with E-state index in [9.17, 15) is 4.79 Å². The molecule has 1 unspecified atom stereocenters. The Morgan fingerprint density at radius 3 is 2.53 bits per heavy atom. The monoisotopic (exact) mass is 470 g/mol. The van der Waals surface area contributed by atoms with Crippen LogP contribution in [0.1, 0.15) is 17.5 Å². The van der Waals surface area contributed by atoms with Gasteiger partial charge in [0.1, 0.15) is 11.5 Å². The molecule has 0 saturated heterocycles. The van der Waals surface area contributed by atoms with Gasteiger partial charge in [-0.1, -0.05) is 47.5 Å². The maximum Gasteiger partial charge on any atom is 0.268 e. The number of para-hydroxylation sites is 2. The van der Waals surface area contributed by atoms with Gasteiger partial charge in [0.2, 0.25) is 0 Å². The zero-order valence-electron chi connectivity index (χ0n) is 17.5. The van der Waals surface area contributed by atoms with Crippen LogP contribution in [0.25, 0.3) is 0 Å². The van der Waals surface area contributed by atoms with Crippen molar-refractivity contribution in [3.63, 3.8) is 0 Å². The molecule has 7 heteroatoms. The number of amides is 1. The Kier molecular flexibility index (Phi) is 7.20. The van der Waals surface area contributed by atoms with Crippen LogP contribution in [0.3, 0.4) is 0 Å². The largest absolute Gasteiger partial charge is 0.493 e. The van der Waals surface area contributed by atoms with Crippen LogP contribution in [0.15, 0.2) is 66.7 Å². The van der Waals surface area contributed by atoms with Crippen LogP contribution < -0.4 is 20.1 Å². The summed E-state index contributed by atoms with van der Waals surface area (Å²) in [4.78, 5) is 15.0. The minimum absolute atomic E-state index is 0.125. The molecule has 0 radical (unpaired) electrons. The highest BCUT2D eigenvalue weighted by molar-refractivity contribution is 6.34. The summed E-state index contributed by atoms with van der Waals surface area (Å²) in [6.07, 6.45) is 0.564. The number of hydrogen-bond acceptors (Lipinski definition) is 4. The van der Waals surface area contributed by atoms with Crippen molar-refractivity contribution in [2.24, 2.45) is 5.73 Å². The summed E-state index contributed by atoms with van der Waals surface area (Å²) >= 11 is 12.3. The summed E-state index contributed by atoms with van der Waals surface area (Å²) in [7, 11) is 0. The molecule has 0 aliphatic carbocycles. The number of nitrogens with two attached hydrogens (primary N) is 1. The number of halogens is 2. The number of nitrogens with zero attached hydrogens (tertiary/aromatic N) is 1. The number of carbonyl (C=O) groups excluding carboxylic acids is 1. The van der Waals surface area contributed by atoms with Crippen molar-refractivity contribution in [2.45, 2.75) is 25.5 Å². The summed E-state index contributed by atoms with van der Waals surface area (Å²) < 4.78 is 11.9. The second kappa shape index (κ2) is 10.3. The Morgan fingerprint density at radius 2 is 1.75 bits per heavy atom. The van der Waals surface area contributed by atoms with E-state index in [0.29, 0.717) is 41.9 Å². The molecule has 0 spiro atoms. The fourth-order valence-corrected chi connectivity index (χ4v) is 4.32. The van der Waals surface area contributed by atoms with E-state index in [4.69, 9.17) is 38.4 Å². The van der Waals surface area contributed by atoms with E-state index in [1.165, 1.54) is 0 Å². The molecule has 1 aliphatic rings. The first-order valence-corrected chi connectivity index (χ1v) is 11.2. The Hall–Kier alpha value is -2.73. The van der Waals surface area contributed by atoms with Gasteiger partial charge in [0.25, 0.3) is 5.91 Å². The normalized spacial score (nSPS) is 15.3. The number of hydrogen-bond donors (Lipinski definition) is 1. The van der Waals surface area contributed by atoms with E-state index in [-0.39, 0.29) is 5.91 Å². The molecule has 0 bridgehead atoms. The maximum atomic E-state index is 13.3. The van der Waals surface area contributed by atoms with Crippen LogP contribution in [0, 0.1) is 0 Å². The van der Waals surface area contributed by atoms with Gasteiger partial charge in [0.15, 0.2) is 6.10 Å². The van der Waals surface area contributed by atoms with Crippen molar-refractivity contribution in [1.82, 2.24) is 0 Å². The molecule has 3 aromatic rings. The molecule has 2 N–H and O–H groups in total. The number of fused-ring (bicyclic) bond motifs is 1. The number of carbonyl (C=O) groups is 1. The SMILES string of the molecule is NCCc1cccc(OCCC2Oc3ccccc3N(Cc3cc(Cl)cc(Cl)c3)C2=O)c1. The molecular weight excluding hydrogens is 447 g/mol. The van der Waals surface area contributed by atoms with E-state index in [0.717, 1.165) is 29.0 Å². The fraction of sp³-hybridized carbons (Fsp3) is 0.240. The minimum Gasteiger partial charge on any atom is -0.493 e. The zero-order chi connectivity index (χ0) is 22.5. The van der Waals surface area contributed by atoms with Crippen LogP contribution in [-0.4, -0.2) is 25.2 Å². The lowest BCUT2D eigenvalue weighted by Gasteiger charge is -2.34. The lowest BCUT2D eigenvalue weighted by atomic mass is 10.1. The molecular formula is C25H24Cl2N2O3. The standard InChI is InChI=1S/C25H24Cl2N2O3/c26-19-12-18(13-20(27)15-19)16-29-22-6-1-2-7-23(22)32-24(25(29)30)9-11-31-21-5-3-4-17(14-21)8-10-28/h1-7,12-15,24H,8-11,16,28H2.